The number of cyclic esters (lactones) is 1. The fourth-order valence-electron chi connectivity index (χ4n) is 2.38. The Morgan fingerprint density at radius 2 is 2.00 bits per heavy atom. The predicted octanol–water partition coefficient (Wildman–Crippen LogP) is 2.41. The van der Waals surface area contributed by atoms with Crippen molar-refractivity contribution in [2.75, 3.05) is 0 Å². The molecule has 0 saturated carbocycles. The van der Waals surface area contributed by atoms with Crippen LogP contribution in [0.1, 0.15) is 52.9 Å². The maximum Gasteiger partial charge on any atom is 0.339 e. The van der Waals surface area contributed by atoms with Crippen molar-refractivity contribution < 1.29 is 19.0 Å². The van der Waals surface area contributed by atoms with Crippen LogP contribution in [0.25, 0.3) is 0 Å². The smallest absolute Gasteiger partial charge is 0.339 e. The van der Waals surface area contributed by atoms with E-state index >= 15 is 0 Å². The molecule has 106 valence electrons. The third kappa shape index (κ3) is 3.49. The maximum atomic E-state index is 11.6. The maximum absolute atomic E-state index is 11.6. The normalized spacial score (nSPS) is 31.5. The molecular formula is C15H22O4. The molecule has 0 aliphatic carbocycles. The van der Waals surface area contributed by atoms with E-state index < -0.39 is 18.0 Å². The minimum Gasteiger partial charge on any atom is -0.444 e. The van der Waals surface area contributed by atoms with Crippen molar-refractivity contribution in [2.45, 2.75) is 77.0 Å². The van der Waals surface area contributed by atoms with Crippen molar-refractivity contribution >= 4 is 5.97 Å². The molecule has 0 bridgehead atoms. The van der Waals surface area contributed by atoms with Gasteiger partial charge in [-0.05, 0) is 20.3 Å². The second-order valence-corrected chi connectivity index (χ2v) is 5.51. The van der Waals surface area contributed by atoms with E-state index in [4.69, 9.17) is 14.2 Å². The zero-order valence-corrected chi connectivity index (χ0v) is 11.9. The first-order valence-corrected chi connectivity index (χ1v) is 7.08. The number of esters is 1. The molecule has 0 amide bonds. The first-order chi connectivity index (χ1) is 9.03. The second kappa shape index (κ2) is 5.94. The Labute approximate surface area is 114 Å². The quantitative estimate of drug-likeness (QED) is 0.445. The minimum atomic E-state index is -0.726. The SMILES string of the molecule is CCCCCCC#C[C@H]1OC(=O)[C@H]2OC(C)(C)O[C@H]21. The van der Waals surface area contributed by atoms with E-state index in [2.05, 4.69) is 18.8 Å². The van der Waals surface area contributed by atoms with Gasteiger partial charge in [0.25, 0.3) is 0 Å². The van der Waals surface area contributed by atoms with Gasteiger partial charge in [0.05, 0.1) is 0 Å². The average molecular weight is 266 g/mol. The van der Waals surface area contributed by atoms with E-state index in [1.165, 1.54) is 19.3 Å². The number of rotatable bonds is 4. The Hall–Kier alpha value is -1.05. The molecule has 2 rings (SSSR count). The molecule has 0 aromatic rings. The Kier molecular flexibility index (Phi) is 4.49. The van der Waals surface area contributed by atoms with Gasteiger partial charge in [-0.15, -0.1) is 0 Å². The van der Waals surface area contributed by atoms with Crippen molar-refractivity contribution in [1.29, 1.82) is 0 Å². The van der Waals surface area contributed by atoms with Crippen LogP contribution in [0.4, 0.5) is 0 Å². The Bertz CT molecular complexity index is 391. The van der Waals surface area contributed by atoms with Gasteiger partial charge in [-0.2, -0.15) is 0 Å². The Balaban J connectivity index is 1.85. The molecule has 0 aromatic carbocycles. The topological polar surface area (TPSA) is 44.8 Å². The summed E-state index contributed by atoms with van der Waals surface area (Å²) in [7, 11) is 0. The molecule has 2 fully saturated rings. The monoisotopic (exact) mass is 266 g/mol. The van der Waals surface area contributed by atoms with Crippen LogP contribution in [-0.2, 0) is 19.0 Å². The molecule has 3 atom stereocenters. The third-order valence-electron chi connectivity index (χ3n) is 3.30. The highest BCUT2D eigenvalue weighted by atomic mass is 16.8. The summed E-state index contributed by atoms with van der Waals surface area (Å²) >= 11 is 0. The van der Waals surface area contributed by atoms with Gasteiger partial charge >= 0.3 is 5.97 Å². The first kappa shape index (κ1) is 14.4. The third-order valence-corrected chi connectivity index (χ3v) is 3.30. The average Bonchev–Trinajstić information content (AvgIpc) is 2.80. The molecule has 2 saturated heterocycles. The number of carbonyl (C=O) groups is 1. The molecule has 4 heteroatoms. The highest BCUT2D eigenvalue weighted by molar-refractivity contribution is 5.79. The fourth-order valence-corrected chi connectivity index (χ4v) is 2.38. The van der Waals surface area contributed by atoms with E-state index in [-0.39, 0.29) is 12.1 Å². The lowest BCUT2D eigenvalue weighted by Gasteiger charge is -2.19. The van der Waals surface area contributed by atoms with E-state index in [9.17, 15) is 4.79 Å². The van der Waals surface area contributed by atoms with Crippen LogP contribution in [0.15, 0.2) is 0 Å². The van der Waals surface area contributed by atoms with Crippen LogP contribution in [0.5, 0.6) is 0 Å². The Morgan fingerprint density at radius 3 is 2.74 bits per heavy atom. The van der Waals surface area contributed by atoms with E-state index in [0.717, 1.165) is 12.8 Å². The number of unbranched alkanes of at least 4 members (excludes halogenated alkanes) is 4. The van der Waals surface area contributed by atoms with Crippen molar-refractivity contribution in [3.8, 4) is 11.8 Å². The number of hydrogen-bond donors (Lipinski definition) is 0. The van der Waals surface area contributed by atoms with Gasteiger partial charge in [-0.3, -0.25) is 0 Å². The van der Waals surface area contributed by atoms with Crippen LogP contribution < -0.4 is 0 Å². The van der Waals surface area contributed by atoms with Crippen LogP contribution in [-0.4, -0.2) is 30.1 Å². The standard InChI is InChI=1S/C15H22O4/c1-4-5-6-7-8-9-10-11-12-13(14(16)17-11)19-15(2,3)18-12/h11-13H,4-8H2,1-3H3/t11-,12+,13+/m1/s1. The molecule has 2 heterocycles. The lowest BCUT2D eigenvalue weighted by Crippen LogP contribution is -2.28. The van der Waals surface area contributed by atoms with E-state index in [1.54, 1.807) is 13.8 Å². The Morgan fingerprint density at radius 1 is 1.21 bits per heavy atom. The van der Waals surface area contributed by atoms with Crippen molar-refractivity contribution in [2.24, 2.45) is 0 Å². The number of hydrogen-bond acceptors (Lipinski definition) is 4. The molecular weight excluding hydrogens is 244 g/mol. The molecule has 0 spiro atoms. The van der Waals surface area contributed by atoms with Crippen molar-refractivity contribution in [3.63, 3.8) is 0 Å². The van der Waals surface area contributed by atoms with Gasteiger partial charge in [0.1, 0.15) is 6.10 Å². The zero-order chi connectivity index (χ0) is 13.9. The first-order valence-electron chi connectivity index (χ1n) is 7.08. The van der Waals surface area contributed by atoms with Crippen molar-refractivity contribution in [3.05, 3.63) is 0 Å². The van der Waals surface area contributed by atoms with E-state index in [1.807, 2.05) is 0 Å². The van der Waals surface area contributed by atoms with Gasteiger partial charge in [-0.1, -0.05) is 38.0 Å². The van der Waals surface area contributed by atoms with Crippen molar-refractivity contribution in [1.82, 2.24) is 0 Å². The van der Waals surface area contributed by atoms with Gasteiger partial charge in [0.2, 0.25) is 0 Å². The lowest BCUT2D eigenvalue weighted by molar-refractivity contribution is -0.183. The van der Waals surface area contributed by atoms with Crippen LogP contribution in [0.3, 0.4) is 0 Å². The molecule has 4 nitrogen and oxygen atoms in total. The highest BCUT2D eigenvalue weighted by Gasteiger charge is 2.55. The number of fused-ring (bicyclic) bond motifs is 1. The van der Waals surface area contributed by atoms with E-state index in [0.29, 0.717) is 0 Å². The van der Waals surface area contributed by atoms with Crippen LogP contribution in [0, 0.1) is 11.8 Å². The largest absolute Gasteiger partial charge is 0.444 e. The van der Waals surface area contributed by atoms with Gasteiger partial charge < -0.3 is 14.2 Å². The van der Waals surface area contributed by atoms with Gasteiger partial charge in [0, 0.05) is 6.42 Å². The lowest BCUT2D eigenvalue weighted by atomic mass is 10.1. The molecule has 2 aliphatic rings. The summed E-state index contributed by atoms with van der Waals surface area (Å²) in [6, 6.07) is 0. The van der Waals surface area contributed by atoms with Crippen LogP contribution >= 0.6 is 0 Å². The minimum absolute atomic E-state index is 0.360. The molecule has 0 aromatic heterocycles. The molecule has 0 unspecified atom stereocenters. The van der Waals surface area contributed by atoms with Gasteiger partial charge in [0.15, 0.2) is 18.0 Å². The molecule has 19 heavy (non-hydrogen) atoms. The summed E-state index contributed by atoms with van der Waals surface area (Å²) in [6.07, 6.45) is 4.13. The molecule has 0 radical (unpaired) electrons. The predicted molar refractivity (Wildman–Crippen MR) is 70.2 cm³/mol. The second-order valence-electron chi connectivity index (χ2n) is 5.51. The summed E-state index contributed by atoms with van der Waals surface area (Å²) in [5.74, 6) is 5.00. The summed E-state index contributed by atoms with van der Waals surface area (Å²) in [4.78, 5) is 11.6. The summed E-state index contributed by atoms with van der Waals surface area (Å²) < 4.78 is 16.4. The summed E-state index contributed by atoms with van der Waals surface area (Å²) in [5, 5.41) is 0. The van der Waals surface area contributed by atoms with Crippen LogP contribution in [0.2, 0.25) is 0 Å². The fraction of sp³-hybridized carbons (Fsp3) is 0.800. The zero-order valence-electron chi connectivity index (χ0n) is 11.9. The highest BCUT2D eigenvalue weighted by Crippen LogP contribution is 2.35. The van der Waals surface area contributed by atoms with Gasteiger partial charge in [-0.25, -0.2) is 4.79 Å². The summed E-state index contributed by atoms with van der Waals surface area (Å²) in [6.45, 7) is 5.78. The number of carbonyl (C=O) groups excluding carboxylic acids is 1. The molecule has 2 aliphatic heterocycles. The molecule has 0 N–H and O–H groups in total. The number of ether oxygens (including phenoxy) is 3. The summed E-state index contributed by atoms with van der Waals surface area (Å²) in [5.41, 5.74) is 0.